The largest absolute Gasteiger partial charge is 0.378 e. The Labute approximate surface area is 74.8 Å². The number of amides is 1. The summed E-state index contributed by atoms with van der Waals surface area (Å²) in [5, 5.41) is 0. The Hall–Kier alpha value is -0.0900. The summed E-state index contributed by atoms with van der Waals surface area (Å²) in [7, 11) is 0. The summed E-state index contributed by atoms with van der Waals surface area (Å²) >= 11 is 3.24. The highest BCUT2D eigenvalue weighted by molar-refractivity contribution is 9.10. The van der Waals surface area contributed by atoms with Crippen LogP contribution in [0.3, 0.4) is 0 Å². The molecule has 0 aliphatic carbocycles. The summed E-state index contributed by atoms with van der Waals surface area (Å²) in [6, 6.07) is 0. The second kappa shape index (κ2) is 4.07. The van der Waals surface area contributed by atoms with Gasteiger partial charge in [-0.25, -0.2) is 0 Å². The third-order valence-corrected chi connectivity index (χ3v) is 2.05. The smallest absolute Gasteiger partial charge is 0.236 e. The van der Waals surface area contributed by atoms with Crippen molar-refractivity contribution in [3.8, 4) is 0 Å². The van der Waals surface area contributed by atoms with Crippen LogP contribution >= 0.6 is 15.9 Å². The predicted octanol–water partition coefficient (Wildman–Crippen LogP) is 0.629. The number of carbonyl (C=O) groups excluding carboxylic acids is 1. The van der Waals surface area contributed by atoms with E-state index in [-0.39, 0.29) is 10.7 Å². The molecule has 0 N–H and O–H groups in total. The van der Waals surface area contributed by atoms with Gasteiger partial charge in [0.25, 0.3) is 0 Å². The predicted molar refractivity (Wildman–Crippen MR) is 45.8 cm³/mol. The van der Waals surface area contributed by atoms with Crippen LogP contribution in [0.5, 0.6) is 0 Å². The second-order valence-corrected chi connectivity index (χ2v) is 3.93. The second-order valence-electron chi connectivity index (χ2n) is 2.55. The van der Waals surface area contributed by atoms with Crippen molar-refractivity contribution in [2.24, 2.45) is 0 Å². The summed E-state index contributed by atoms with van der Waals surface area (Å²) in [5.74, 6) is 0.160. The number of halogens is 1. The molecule has 1 fully saturated rings. The normalized spacial score (nSPS) is 21.5. The van der Waals surface area contributed by atoms with Gasteiger partial charge in [-0.3, -0.25) is 4.79 Å². The molecule has 1 unspecified atom stereocenters. The average molecular weight is 222 g/mol. The van der Waals surface area contributed by atoms with Crippen molar-refractivity contribution >= 4 is 21.8 Å². The first-order valence-electron chi connectivity index (χ1n) is 3.72. The van der Waals surface area contributed by atoms with Gasteiger partial charge in [0, 0.05) is 13.1 Å². The van der Waals surface area contributed by atoms with E-state index in [1.165, 1.54) is 0 Å². The van der Waals surface area contributed by atoms with Crippen molar-refractivity contribution in [1.82, 2.24) is 4.90 Å². The molecule has 1 aliphatic heterocycles. The molecule has 4 heteroatoms. The molecule has 11 heavy (non-hydrogen) atoms. The van der Waals surface area contributed by atoms with Crippen LogP contribution in [0.4, 0.5) is 0 Å². The van der Waals surface area contributed by atoms with Crippen LogP contribution in [0.2, 0.25) is 0 Å². The van der Waals surface area contributed by atoms with Crippen molar-refractivity contribution in [2.75, 3.05) is 26.3 Å². The van der Waals surface area contributed by atoms with Gasteiger partial charge in [-0.2, -0.15) is 0 Å². The summed E-state index contributed by atoms with van der Waals surface area (Å²) in [5.41, 5.74) is 0. The van der Waals surface area contributed by atoms with Gasteiger partial charge >= 0.3 is 0 Å². The van der Waals surface area contributed by atoms with Crippen LogP contribution in [-0.4, -0.2) is 41.9 Å². The lowest BCUT2D eigenvalue weighted by atomic mass is 10.3. The van der Waals surface area contributed by atoms with E-state index in [1.807, 2.05) is 11.8 Å². The maximum atomic E-state index is 11.3. The van der Waals surface area contributed by atoms with E-state index >= 15 is 0 Å². The molecule has 1 heterocycles. The molecule has 0 bridgehead atoms. The highest BCUT2D eigenvalue weighted by Gasteiger charge is 2.19. The zero-order valence-corrected chi connectivity index (χ0v) is 8.13. The number of ether oxygens (including phenoxy) is 1. The first-order valence-corrected chi connectivity index (χ1v) is 4.64. The van der Waals surface area contributed by atoms with E-state index in [0.717, 1.165) is 13.1 Å². The fourth-order valence-electron chi connectivity index (χ4n) is 1.04. The standard InChI is InChI=1S/C7H12BrNO2/c1-6(8)7(10)9-2-4-11-5-3-9/h6H,2-5H2,1H3. The minimum atomic E-state index is -0.0689. The summed E-state index contributed by atoms with van der Waals surface area (Å²) in [6.07, 6.45) is 0. The van der Waals surface area contributed by atoms with Gasteiger partial charge in [0.2, 0.25) is 5.91 Å². The third kappa shape index (κ3) is 2.45. The number of alkyl halides is 1. The van der Waals surface area contributed by atoms with Gasteiger partial charge in [0.05, 0.1) is 18.0 Å². The monoisotopic (exact) mass is 221 g/mol. The number of hydrogen-bond acceptors (Lipinski definition) is 2. The molecule has 0 radical (unpaired) electrons. The van der Waals surface area contributed by atoms with Crippen LogP contribution in [0.1, 0.15) is 6.92 Å². The Morgan fingerprint density at radius 1 is 1.55 bits per heavy atom. The highest BCUT2D eigenvalue weighted by Crippen LogP contribution is 2.05. The first kappa shape index (κ1) is 9.00. The minimum Gasteiger partial charge on any atom is -0.378 e. The number of nitrogens with zero attached hydrogens (tertiary/aromatic N) is 1. The van der Waals surface area contributed by atoms with E-state index in [2.05, 4.69) is 15.9 Å². The highest BCUT2D eigenvalue weighted by atomic mass is 79.9. The molecular weight excluding hydrogens is 210 g/mol. The number of rotatable bonds is 1. The van der Waals surface area contributed by atoms with Gasteiger partial charge in [-0.05, 0) is 6.92 Å². The zero-order valence-electron chi connectivity index (χ0n) is 6.55. The van der Waals surface area contributed by atoms with Crippen LogP contribution in [0, 0.1) is 0 Å². The van der Waals surface area contributed by atoms with Crippen molar-refractivity contribution < 1.29 is 9.53 Å². The lowest BCUT2D eigenvalue weighted by Gasteiger charge is -2.27. The van der Waals surface area contributed by atoms with E-state index in [1.54, 1.807) is 0 Å². The summed E-state index contributed by atoms with van der Waals surface area (Å²) in [4.78, 5) is 13.1. The number of carbonyl (C=O) groups is 1. The van der Waals surface area contributed by atoms with Crippen molar-refractivity contribution in [2.45, 2.75) is 11.8 Å². The van der Waals surface area contributed by atoms with Gasteiger partial charge in [0.15, 0.2) is 0 Å². The fraction of sp³-hybridized carbons (Fsp3) is 0.857. The molecule has 3 nitrogen and oxygen atoms in total. The summed E-state index contributed by atoms with van der Waals surface area (Å²) in [6.45, 7) is 4.65. The SMILES string of the molecule is CC(Br)C(=O)N1CCOCC1. The van der Waals surface area contributed by atoms with Crippen molar-refractivity contribution in [3.63, 3.8) is 0 Å². The molecule has 1 amide bonds. The van der Waals surface area contributed by atoms with Crippen LogP contribution in [-0.2, 0) is 9.53 Å². The van der Waals surface area contributed by atoms with Gasteiger partial charge in [0.1, 0.15) is 0 Å². The molecule has 0 aromatic heterocycles. The third-order valence-electron chi connectivity index (χ3n) is 1.66. The first-order chi connectivity index (χ1) is 5.22. The quantitative estimate of drug-likeness (QED) is 0.609. The van der Waals surface area contributed by atoms with Gasteiger partial charge < -0.3 is 9.64 Å². The van der Waals surface area contributed by atoms with Crippen LogP contribution in [0.25, 0.3) is 0 Å². The molecule has 1 saturated heterocycles. The van der Waals surface area contributed by atoms with E-state index in [9.17, 15) is 4.79 Å². The summed E-state index contributed by atoms with van der Waals surface area (Å²) < 4.78 is 5.12. The molecule has 1 aliphatic rings. The lowest BCUT2D eigenvalue weighted by Crippen LogP contribution is -2.43. The number of hydrogen-bond donors (Lipinski definition) is 0. The van der Waals surface area contributed by atoms with Gasteiger partial charge in [-0.15, -0.1) is 0 Å². The Morgan fingerprint density at radius 2 is 2.09 bits per heavy atom. The van der Waals surface area contributed by atoms with E-state index in [0.29, 0.717) is 13.2 Å². The molecular formula is C7H12BrNO2. The topological polar surface area (TPSA) is 29.5 Å². The Balaban J connectivity index is 2.39. The molecule has 0 aromatic rings. The Bertz CT molecular complexity index is 143. The maximum Gasteiger partial charge on any atom is 0.236 e. The van der Waals surface area contributed by atoms with E-state index < -0.39 is 0 Å². The van der Waals surface area contributed by atoms with Crippen LogP contribution in [0.15, 0.2) is 0 Å². The Morgan fingerprint density at radius 3 is 2.55 bits per heavy atom. The Kier molecular flexibility index (Phi) is 3.33. The molecule has 0 spiro atoms. The average Bonchev–Trinajstić information content (AvgIpc) is 2.05. The van der Waals surface area contributed by atoms with Gasteiger partial charge in [-0.1, -0.05) is 15.9 Å². The molecule has 64 valence electrons. The fourth-order valence-corrected chi connectivity index (χ4v) is 1.32. The maximum absolute atomic E-state index is 11.3. The lowest BCUT2D eigenvalue weighted by molar-refractivity contribution is -0.134. The minimum absolute atomic E-state index is 0.0689. The van der Waals surface area contributed by atoms with E-state index in [4.69, 9.17) is 4.74 Å². The molecule has 0 saturated carbocycles. The van der Waals surface area contributed by atoms with Crippen molar-refractivity contribution in [1.29, 1.82) is 0 Å². The van der Waals surface area contributed by atoms with Crippen molar-refractivity contribution in [3.05, 3.63) is 0 Å². The number of morpholine rings is 1. The van der Waals surface area contributed by atoms with Crippen LogP contribution < -0.4 is 0 Å². The molecule has 1 atom stereocenters. The molecule has 0 aromatic carbocycles. The molecule has 1 rings (SSSR count). The zero-order chi connectivity index (χ0) is 8.27.